The molecule has 2 heterocycles. The molecule has 0 aliphatic carbocycles. The molecule has 2 aromatic heterocycles. The van der Waals surface area contributed by atoms with Crippen molar-refractivity contribution in [2.45, 2.75) is 19.4 Å². The van der Waals surface area contributed by atoms with E-state index in [0.717, 1.165) is 40.8 Å². The second-order valence-corrected chi connectivity index (χ2v) is 6.90. The second kappa shape index (κ2) is 8.19. The first kappa shape index (κ1) is 18.7. The van der Waals surface area contributed by atoms with Crippen molar-refractivity contribution in [3.8, 4) is 17.0 Å². The minimum Gasteiger partial charge on any atom is -0.497 e. The van der Waals surface area contributed by atoms with Crippen LogP contribution in [-0.4, -0.2) is 27.7 Å². The van der Waals surface area contributed by atoms with E-state index in [2.05, 4.69) is 17.1 Å². The van der Waals surface area contributed by atoms with Gasteiger partial charge in [0.15, 0.2) is 0 Å². The lowest BCUT2D eigenvalue weighted by Gasteiger charge is -2.09. The van der Waals surface area contributed by atoms with Gasteiger partial charge in [-0.3, -0.25) is 4.98 Å². The molecule has 29 heavy (non-hydrogen) atoms. The highest BCUT2D eigenvalue weighted by molar-refractivity contribution is 6.00. The fourth-order valence-electron chi connectivity index (χ4n) is 3.69. The average molecular weight is 386 g/mol. The van der Waals surface area contributed by atoms with E-state index < -0.39 is 5.97 Å². The van der Waals surface area contributed by atoms with Crippen LogP contribution < -0.4 is 4.74 Å². The van der Waals surface area contributed by atoms with Crippen LogP contribution in [0.5, 0.6) is 5.75 Å². The Labute approximate surface area is 169 Å². The molecular formula is C24H22N2O3. The molecule has 0 atom stereocenters. The van der Waals surface area contributed by atoms with Crippen LogP contribution in [0.1, 0.15) is 22.5 Å². The Morgan fingerprint density at radius 2 is 1.90 bits per heavy atom. The van der Waals surface area contributed by atoms with E-state index in [1.54, 1.807) is 19.4 Å². The first-order valence-corrected chi connectivity index (χ1v) is 9.57. The molecule has 5 nitrogen and oxygen atoms in total. The van der Waals surface area contributed by atoms with Crippen molar-refractivity contribution in [1.29, 1.82) is 0 Å². The molecule has 0 amide bonds. The van der Waals surface area contributed by atoms with Gasteiger partial charge in [-0.05, 0) is 42.7 Å². The quantitative estimate of drug-likeness (QED) is 0.483. The Bertz CT molecular complexity index is 1150. The molecule has 0 radical (unpaired) electrons. The Balaban J connectivity index is 1.72. The molecule has 0 spiro atoms. The minimum absolute atomic E-state index is 0.283. The molecule has 0 bridgehead atoms. The second-order valence-electron chi connectivity index (χ2n) is 6.90. The summed E-state index contributed by atoms with van der Waals surface area (Å²) in [6.07, 6.45) is 3.48. The summed E-state index contributed by atoms with van der Waals surface area (Å²) in [5.41, 5.74) is 4.06. The zero-order valence-corrected chi connectivity index (χ0v) is 16.2. The molecule has 1 N–H and O–H groups in total. The minimum atomic E-state index is -0.933. The lowest BCUT2D eigenvalue weighted by molar-refractivity contribution is 0.0685. The van der Waals surface area contributed by atoms with Crippen LogP contribution in [0.4, 0.5) is 0 Å². The van der Waals surface area contributed by atoms with Gasteiger partial charge in [0, 0.05) is 23.7 Å². The maximum absolute atomic E-state index is 11.9. The summed E-state index contributed by atoms with van der Waals surface area (Å²) in [4.78, 5) is 16.4. The lowest BCUT2D eigenvalue weighted by Crippen LogP contribution is -2.09. The van der Waals surface area contributed by atoms with Crippen LogP contribution in [0.2, 0.25) is 0 Å². The number of fused-ring (bicyclic) bond motifs is 1. The Morgan fingerprint density at radius 1 is 1.07 bits per heavy atom. The van der Waals surface area contributed by atoms with Gasteiger partial charge in [-0.25, -0.2) is 4.79 Å². The number of aromatic nitrogens is 2. The smallest absolute Gasteiger partial charge is 0.352 e. The van der Waals surface area contributed by atoms with Gasteiger partial charge in [0.05, 0.1) is 18.3 Å². The molecule has 146 valence electrons. The summed E-state index contributed by atoms with van der Waals surface area (Å²) in [6, 6.07) is 21.5. The number of carboxylic acids is 1. The molecule has 0 fully saturated rings. The number of carbonyl (C=O) groups is 1. The summed E-state index contributed by atoms with van der Waals surface area (Å²) < 4.78 is 7.20. The number of aryl methyl sites for hydroxylation is 2. The molecule has 0 saturated carbocycles. The number of hydrogen-bond acceptors (Lipinski definition) is 3. The topological polar surface area (TPSA) is 64.3 Å². The van der Waals surface area contributed by atoms with Crippen LogP contribution in [0.15, 0.2) is 72.9 Å². The van der Waals surface area contributed by atoms with Crippen molar-refractivity contribution in [3.05, 3.63) is 84.2 Å². The number of methoxy groups -OCH3 is 1. The average Bonchev–Trinajstić information content (AvgIpc) is 3.14. The first-order valence-electron chi connectivity index (χ1n) is 9.57. The Morgan fingerprint density at radius 3 is 2.66 bits per heavy atom. The van der Waals surface area contributed by atoms with E-state index in [0.29, 0.717) is 6.54 Å². The largest absolute Gasteiger partial charge is 0.497 e. The molecule has 5 heteroatoms. The lowest BCUT2D eigenvalue weighted by atomic mass is 10.1. The third kappa shape index (κ3) is 3.85. The highest BCUT2D eigenvalue weighted by Crippen LogP contribution is 2.31. The molecule has 0 saturated heterocycles. The van der Waals surface area contributed by atoms with E-state index in [9.17, 15) is 9.90 Å². The molecule has 2 aromatic carbocycles. The fourth-order valence-corrected chi connectivity index (χ4v) is 3.69. The monoisotopic (exact) mass is 386 g/mol. The number of hydrogen-bond donors (Lipinski definition) is 1. The van der Waals surface area contributed by atoms with Crippen LogP contribution in [0.3, 0.4) is 0 Å². The first-order chi connectivity index (χ1) is 14.2. The number of nitrogens with zero attached hydrogens (tertiary/aromatic N) is 2. The van der Waals surface area contributed by atoms with E-state index in [1.165, 1.54) is 5.56 Å². The number of ether oxygens (including phenoxy) is 1. The number of carboxylic acid groups (broad SMARTS) is 1. The molecule has 4 aromatic rings. The summed E-state index contributed by atoms with van der Waals surface area (Å²) in [5, 5.41) is 10.6. The third-order valence-electron chi connectivity index (χ3n) is 5.08. The molecule has 0 aliphatic rings. The maximum Gasteiger partial charge on any atom is 0.352 e. The highest BCUT2D eigenvalue weighted by Gasteiger charge is 2.18. The van der Waals surface area contributed by atoms with Gasteiger partial charge in [-0.15, -0.1) is 0 Å². The van der Waals surface area contributed by atoms with Gasteiger partial charge < -0.3 is 14.4 Å². The van der Waals surface area contributed by atoms with Crippen molar-refractivity contribution in [1.82, 2.24) is 9.55 Å². The van der Waals surface area contributed by atoms with E-state index in [1.807, 2.05) is 53.1 Å². The fraction of sp³-hybridized carbons (Fsp3) is 0.167. The standard InChI is InChI=1S/C24H22N2O3/c1-29-19-11-5-10-18(15-19)23-20-16-22(24(27)28)26(21(20)12-13-25-23)14-6-9-17-7-3-2-4-8-17/h2-5,7-8,10-13,15-16H,6,9,14H2,1H3,(H,27,28). The summed E-state index contributed by atoms with van der Waals surface area (Å²) in [6.45, 7) is 0.627. The van der Waals surface area contributed by atoms with E-state index in [-0.39, 0.29) is 5.69 Å². The van der Waals surface area contributed by atoms with Crippen molar-refractivity contribution >= 4 is 16.9 Å². The predicted molar refractivity (Wildman–Crippen MR) is 113 cm³/mol. The summed E-state index contributed by atoms with van der Waals surface area (Å²) in [5.74, 6) is -0.195. The van der Waals surface area contributed by atoms with Gasteiger partial charge in [-0.1, -0.05) is 42.5 Å². The number of benzene rings is 2. The van der Waals surface area contributed by atoms with Gasteiger partial charge in [0.25, 0.3) is 0 Å². The van der Waals surface area contributed by atoms with Crippen LogP contribution in [0, 0.1) is 0 Å². The summed E-state index contributed by atoms with van der Waals surface area (Å²) >= 11 is 0. The SMILES string of the molecule is COc1cccc(-c2nccc3c2cc(C(=O)O)n3CCCc2ccccc2)c1. The van der Waals surface area contributed by atoms with Gasteiger partial charge in [0.1, 0.15) is 11.4 Å². The van der Waals surface area contributed by atoms with Gasteiger partial charge in [0.2, 0.25) is 0 Å². The molecule has 0 aliphatic heterocycles. The Kier molecular flexibility index (Phi) is 5.29. The summed E-state index contributed by atoms with van der Waals surface area (Å²) in [7, 11) is 1.62. The normalized spacial score (nSPS) is 10.9. The molecule has 4 rings (SSSR count). The van der Waals surface area contributed by atoms with Crippen molar-refractivity contribution in [2.24, 2.45) is 0 Å². The number of aromatic carboxylic acids is 1. The van der Waals surface area contributed by atoms with Crippen LogP contribution in [0.25, 0.3) is 22.2 Å². The van der Waals surface area contributed by atoms with Crippen molar-refractivity contribution in [3.63, 3.8) is 0 Å². The number of rotatable bonds is 7. The Hall–Kier alpha value is -3.60. The molecular weight excluding hydrogens is 364 g/mol. The van der Waals surface area contributed by atoms with Crippen LogP contribution in [-0.2, 0) is 13.0 Å². The van der Waals surface area contributed by atoms with E-state index in [4.69, 9.17) is 4.74 Å². The van der Waals surface area contributed by atoms with Crippen molar-refractivity contribution in [2.75, 3.05) is 7.11 Å². The predicted octanol–water partition coefficient (Wildman–Crippen LogP) is 5.04. The van der Waals surface area contributed by atoms with Gasteiger partial charge >= 0.3 is 5.97 Å². The zero-order valence-electron chi connectivity index (χ0n) is 16.2. The van der Waals surface area contributed by atoms with Gasteiger partial charge in [-0.2, -0.15) is 0 Å². The van der Waals surface area contributed by atoms with Crippen LogP contribution >= 0.6 is 0 Å². The highest BCUT2D eigenvalue weighted by atomic mass is 16.5. The number of pyridine rings is 1. The molecule has 0 unspecified atom stereocenters. The van der Waals surface area contributed by atoms with E-state index >= 15 is 0 Å². The van der Waals surface area contributed by atoms with Crippen molar-refractivity contribution < 1.29 is 14.6 Å². The third-order valence-corrected chi connectivity index (χ3v) is 5.08. The zero-order chi connectivity index (χ0) is 20.2. The maximum atomic E-state index is 11.9.